The number of ether oxygens (including phenoxy) is 3. The molecule has 0 bridgehead atoms. The van der Waals surface area contributed by atoms with E-state index < -0.39 is 90.2 Å². The molecule has 2 saturated heterocycles. The van der Waals surface area contributed by atoms with Gasteiger partial charge < -0.3 is 50.2 Å². The molecule has 8 N–H and O–H groups in total. The number of aliphatic carboxylic acids is 1. The van der Waals surface area contributed by atoms with Crippen molar-refractivity contribution in [1.82, 2.24) is 5.32 Å². The van der Waals surface area contributed by atoms with Crippen molar-refractivity contribution in [2.45, 2.75) is 68.3 Å². The van der Waals surface area contributed by atoms with Gasteiger partial charge in [0, 0.05) is 6.92 Å². The van der Waals surface area contributed by atoms with E-state index in [9.17, 15) is 43.5 Å². The van der Waals surface area contributed by atoms with Gasteiger partial charge in [0.05, 0.1) is 6.61 Å². The lowest BCUT2D eigenvalue weighted by Gasteiger charge is -2.46. The maximum atomic E-state index is 11.5. The van der Waals surface area contributed by atoms with Crippen molar-refractivity contribution in [2.24, 2.45) is 0 Å². The number of carboxylic acids is 1. The van der Waals surface area contributed by atoms with Gasteiger partial charge in [0.15, 0.2) is 18.7 Å². The fourth-order valence-corrected chi connectivity index (χ4v) is 3.40. The standard InChI is InChI=1S/C14H23NO15S/c1-3(16)15-5-10(6(17)4(28-13(5)23)2-27-31(24,25)26)29-14-9(20)7(18)8(19)11(30-14)12(21)22/h4-11,13-14,17-20,23H,2H2,1H3,(H,15,16)(H,21,22)(H,24,25,26)/t4-,5-,6+,7+,8+,9-,10-,11+,13+,14-/m1/s1. The summed E-state index contributed by atoms with van der Waals surface area (Å²) in [5, 5.41) is 61.6. The van der Waals surface area contributed by atoms with Crippen LogP contribution in [-0.4, -0.2) is 123 Å². The van der Waals surface area contributed by atoms with Gasteiger partial charge in [-0.25, -0.2) is 8.98 Å². The highest BCUT2D eigenvalue weighted by Crippen LogP contribution is 2.29. The first-order valence-electron chi connectivity index (χ1n) is 8.71. The predicted octanol–water partition coefficient (Wildman–Crippen LogP) is -5.33. The Hall–Kier alpha value is -1.51. The zero-order valence-corrected chi connectivity index (χ0v) is 16.6. The average Bonchev–Trinajstić information content (AvgIpc) is 2.64. The van der Waals surface area contributed by atoms with Crippen LogP contribution in [0.1, 0.15) is 6.92 Å². The first kappa shape index (κ1) is 25.7. The Morgan fingerprint density at radius 1 is 1.00 bits per heavy atom. The van der Waals surface area contributed by atoms with Crippen molar-refractivity contribution in [3.8, 4) is 0 Å². The molecule has 180 valence electrons. The van der Waals surface area contributed by atoms with E-state index in [1.807, 2.05) is 0 Å². The van der Waals surface area contributed by atoms with E-state index in [1.54, 1.807) is 0 Å². The van der Waals surface area contributed by atoms with E-state index in [-0.39, 0.29) is 0 Å². The number of amides is 1. The second kappa shape index (κ2) is 9.96. The summed E-state index contributed by atoms with van der Waals surface area (Å²) in [4.78, 5) is 22.7. The molecule has 31 heavy (non-hydrogen) atoms. The van der Waals surface area contributed by atoms with Crippen LogP contribution in [0.5, 0.6) is 0 Å². The molecular formula is C14H23NO15S. The summed E-state index contributed by atoms with van der Waals surface area (Å²) in [6.45, 7) is 0.0348. The maximum absolute atomic E-state index is 11.5. The van der Waals surface area contributed by atoms with Crippen LogP contribution in [0.2, 0.25) is 0 Å². The number of hydrogen-bond acceptors (Lipinski definition) is 13. The molecular weight excluding hydrogens is 454 g/mol. The Kier molecular flexibility index (Phi) is 8.27. The highest BCUT2D eigenvalue weighted by molar-refractivity contribution is 7.80. The van der Waals surface area contributed by atoms with Crippen LogP contribution in [0.15, 0.2) is 0 Å². The molecule has 2 rings (SSSR count). The number of aliphatic hydroxyl groups is 5. The second-order valence-corrected chi connectivity index (χ2v) is 7.92. The minimum atomic E-state index is -4.95. The first-order valence-corrected chi connectivity index (χ1v) is 10.1. The quantitative estimate of drug-likeness (QED) is 0.159. The van der Waals surface area contributed by atoms with Gasteiger partial charge in [0.2, 0.25) is 5.91 Å². The number of nitrogens with one attached hydrogen (secondary N) is 1. The summed E-state index contributed by atoms with van der Waals surface area (Å²) in [6.07, 6.45) is -17.3. The van der Waals surface area contributed by atoms with Gasteiger partial charge in [-0.2, -0.15) is 8.42 Å². The van der Waals surface area contributed by atoms with Crippen LogP contribution >= 0.6 is 0 Å². The molecule has 0 saturated carbocycles. The summed E-state index contributed by atoms with van der Waals surface area (Å²) >= 11 is 0. The monoisotopic (exact) mass is 477 g/mol. The van der Waals surface area contributed by atoms with E-state index in [2.05, 4.69) is 9.50 Å². The normalized spacial score (nSPS) is 41.5. The van der Waals surface area contributed by atoms with Gasteiger partial charge in [0.1, 0.15) is 42.7 Å². The zero-order chi connectivity index (χ0) is 23.7. The molecule has 2 aliphatic rings. The molecule has 10 atom stereocenters. The second-order valence-electron chi connectivity index (χ2n) is 6.83. The summed E-state index contributed by atoms with van der Waals surface area (Å²) in [5.74, 6) is -2.44. The summed E-state index contributed by atoms with van der Waals surface area (Å²) < 4.78 is 49.5. The van der Waals surface area contributed by atoms with Crippen LogP contribution < -0.4 is 5.32 Å². The van der Waals surface area contributed by atoms with Crippen molar-refractivity contribution in [1.29, 1.82) is 0 Å². The van der Waals surface area contributed by atoms with Gasteiger partial charge >= 0.3 is 16.4 Å². The zero-order valence-electron chi connectivity index (χ0n) is 15.8. The molecule has 0 radical (unpaired) electrons. The smallest absolute Gasteiger partial charge is 0.397 e. The van der Waals surface area contributed by atoms with Gasteiger partial charge in [-0.15, -0.1) is 0 Å². The summed E-state index contributed by atoms with van der Waals surface area (Å²) in [7, 11) is -4.95. The number of carboxylic acid groups (broad SMARTS) is 1. The molecule has 0 aromatic heterocycles. The van der Waals surface area contributed by atoms with E-state index in [0.717, 1.165) is 6.92 Å². The summed E-state index contributed by atoms with van der Waals surface area (Å²) in [6, 6.07) is -1.54. The van der Waals surface area contributed by atoms with Crippen molar-refractivity contribution in [3.63, 3.8) is 0 Å². The minimum absolute atomic E-state index is 0.731. The van der Waals surface area contributed by atoms with Gasteiger partial charge in [-0.1, -0.05) is 0 Å². The Balaban J connectivity index is 2.27. The fourth-order valence-electron chi connectivity index (χ4n) is 3.09. The number of carbonyl (C=O) groups excluding carboxylic acids is 1. The van der Waals surface area contributed by atoms with E-state index in [4.69, 9.17) is 23.9 Å². The molecule has 0 unspecified atom stereocenters. The number of rotatable bonds is 7. The van der Waals surface area contributed by atoms with E-state index in [0.29, 0.717) is 0 Å². The molecule has 17 heteroatoms. The molecule has 2 fully saturated rings. The van der Waals surface area contributed by atoms with Gasteiger partial charge in [-0.05, 0) is 0 Å². The van der Waals surface area contributed by atoms with Crippen LogP contribution in [0.3, 0.4) is 0 Å². The van der Waals surface area contributed by atoms with Crippen LogP contribution in [0.4, 0.5) is 0 Å². The molecule has 0 spiro atoms. The maximum Gasteiger partial charge on any atom is 0.397 e. The van der Waals surface area contributed by atoms with Crippen molar-refractivity contribution in [3.05, 3.63) is 0 Å². The Labute approximate surface area is 174 Å². The SMILES string of the molecule is CC(=O)N[C@@H]1[C@@H](O[C@@H]2O[C@H](C(=O)O)[C@@H](O)[C@H](O)[C@H]2O)[C@@H](O)[C@@H](COS(=O)(=O)O)O[C@@H]1O. The lowest BCUT2D eigenvalue weighted by atomic mass is 9.95. The van der Waals surface area contributed by atoms with Crippen LogP contribution in [0, 0.1) is 0 Å². The summed E-state index contributed by atoms with van der Waals surface area (Å²) in [5.41, 5.74) is 0. The van der Waals surface area contributed by atoms with Crippen LogP contribution in [-0.2, 0) is 38.4 Å². The molecule has 0 aliphatic carbocycles. The Morgan fingerprint density at radius 3 is 2.13 bits per heavy atom. The van der Waals surface area contributed by atoms with Gasteiger partial charge in [0.25, 0.3) is 0 Å². The molecule has 2 aliphatic heterocycles. The average molecular weight is 477 g/mol. The predicted molar refractivity (Wildman–Crippen MR) is 91.2 cm³/mol. The van der Waals surface area contributed by atoms with E-state index >= 15 is 0 Å². The van der Waals surface area contributed by atoms with E-state index in [1.165, 1.54) is 0 Å². The molecule has 2 heterocycles. The lowest BCUT2D eigenvalue weighted by molar-refractivity contribution is -0.336. The van der Waals surface area contributed by atoms with Gasteiger partial charge in [-0.3, -0.25) is 9.35 Å². The fraction of sp³-hybridized carbons (Fsp3) is 0.857. The highest BCUT2D eigenvalue weighted by atomic mass is 32.3. The first-order chi connectivity index (χ1) is 14.2. The topological polar surface area (TPSA) is 259 Å². The molecule has 16 nitrogen and oxygen atoms in total. The Bertz CT molecular complexity index is 761. The number of hydrogen-bond donors (Lipinski definition) is 8. The molecule has 0 aromatic rings. The molecule has 0 aromatic carbocycles. The number of aliphatic hydroxyl groups excluding tert-OH is 5. The third-order valence-corrected chi connectivity index (χ3v) is 4.98. The lowest BCUT2D eigenvalue weighted by Crippen LogP contribution is -2.68. The third-order valence-electron chi connectivity index (χ3n) is 4.55. The van der Waals surface area contributed by atoms with Crippen molar-refractivity contribution < 1.29 is 71.6 Å². The highest BCUT2D eigenvalue weighted by Gasteiger charge is 2.52. The molecule has 1 amide bonds. The largest absolute Gasteiger partial charge is 0.479 e. The van der Waals surface area contributed by atoms with Crippen LogP contribution in [0.25, 0.3) is 0 Å². The van der Waals surface area contributed by atoms with Crippen molar-refractivity contribution >= 4 is 22.3 Å². The van der Waals surface area contributed by atoms with Crippen molar-refractivity contribution in [2.75, 3.05) is 6.61 Å². The minimum Gasteiger partial charge on any atom is -0.479 e. The third kappa shape index (κ3) is 6.26. The Morgan fingerprint density at radius 2 is 1.61 bits per heavy atom. The number of carbonyl (C=O) groups is 2.